The van der Waals surface area contributed by atoms with Gasteiger partial charge in [-0.2, -0.15) is 4.72 Å². The van der Waals surface area contributed by atoms with E-state index in [1.807, 2.05) is 0 Å². The summed E-state index contributed by atoms with van der Waals surface area (Å²) in [6.45, 7) is 1.46. The van der Waals surface area contributed by atoms with Gasteiger partial charge in [-0.05, 0) is 25.1 Å². The number of hydrogen-bond acceptors (Lipinski definition) is 4. The Morgan fingerprint density at radius 1 is 1.48 bits per heavy atom. The number of sulfonamides is 1. The molecule has 4 N–H and O–H groups in total. The van der Waals surface area contributed by atoms with Gasteiger partial charge in [-0.1, -0.05) is 11.8 Å². The Bertz CT molecular complexity index is 692. The van der Waals surface area contributed by atoms with Crippen LogP contribution in [0.2, 0.25) is 0 Å². The molecule has 1 atom stereocenters. The quantitative estimate of drug-likeness (QED) is 0.655. The highest BCUT2D eigenvalue weighted by Gasteiger charge is 2.22. The molecule has 0 spiro atoms. The number of nitrogens with one attached hydrogen (secondary N) is 2. The van der Waals surface area contributed by atoms with Crippen molar-refractivity contribution in [2.24, 2.45) is 5.73 Å². The molecule has 1 aromatic carbocycles. The largest absolute Gasteiger partial charge is 0.358 e. The normalized spacial score (nSPS) is 12.2. The summed E-state index contributed by atoms with van der Waals surface area (Å²) in [4.78, 5) is 11.0. The molecular weight excluding hydrogens is 297 g/mol. The average molecular weight is 313 g/mol. The van der Waals surface area contributed by atoms with Gasteiger partial charge in [-0.25, -0.2) is 12.8 Å². The summed E-state index contributed by atoms with van der Waals surface area (Å²) < 4.78 is 40.0. The van der Waals surface area contributed by atoms with Crippen molar-refractivity contribution in [3.63, 3.8) is 0 Å². The van der Waals surface area contributed by atoms with Crippen molar-refractivity contribution >= 4 is 15.9 Å². The van der Waals surface area contributed by atoms with Gasteiger partial charge in [0.2, 0.25) is 15.9 Å². The third-order valence-electron chi connectivity index (χ3n) is 2.55. The molecule has 0 fully saturated rings. The first kappa shape index (κ1) is 17.1. The fraction of sp³-hybridized carbons (Fsp3) is 0.308. The predicted molar refractivity (Wildman–Crippen MR) is 76.2 cm³/mol. The summed E-state index contributed by atoms with van der Waals surface area (Å²) in [5.41, 5.74) is 5.24. The second-order valence-electron chi connectivity index (χ2n) is 4.10. The van der Waals surface area contributed by atoms with Gasteiger partial charge >= 0.3 is 0 Å². The van der Waals surface area contributed by atoms with Crippen molar-refractivity contribution in [1.82, 2.24) is 10.0 Å². The maximum atomic E-state index is 13.8. The van der Waals surface area contributed by atoms with Crippen molar-refractivity contribution in [2.45, 2.75) is 17.9 Å². The Morgan fingerprint density at radius 3 is 2.67 bits per heavy atom. The van der Waals surface area contributed by atoms with Crippen LogP contribution in [0.5, 0.6) is 0 Å². The Kier molecular flexibility index (Phi) is 5.84. The Balaban J connectivity index is 3.05. The van der Waals surface area contributed by atoms with E-state index in [4.69, 9.17) is 5.73 Å². The SMILES string of the molecule is CNC(=O)C(C)NS(=O)(=O)c1ccc(C#CCN)c(F)c1. The fourth-order valence-electron chi connectivity index (χ4n) is 1.48. The zero-order valence-electron chi connectivity index (χ0n) is 11.6. The van der Waals surface area contributed by atoms with Crippen LogP contribution < -0.4 is 15.8 Å². The number of likely N-dealkylation sites (N-methyl/N-ethyl adjacent to an activating group) is 1. The molecule has 0 bridgehead atoms. The summed E-state index contributed by atoms with van der Waals surface area (Å²) in [6.07, 6.45) is 0. The van der Waals surface area contributed by atoms with Gasteiger partial charge in [0, 0.05) is 7.05 Å². The molecule has 0 heterocycles. The highest BCUT2D eigenvalue weighted by Crippen LogP contribution is 2.14. The van der Waals surface area contributed by atoms with E-state index in [-0.39, 0.29) is 17.0 Å². The number of hydrogen-bond donors (Lipinski definition) is 3. The van der Waals surface area contributed by atoms with E-state index in [2.05, 4.69) is 21.9 Å². The molecular formula is C13H16FN3O3S. The summed E-state index contributed by atoms with van der Waals surface area (Å²) in [5, 5.41) is 2.31. The minimum absolute atomic E-state index is 0.0544. The molecule has 0 aliphatic heterocycles. The molecule has 0 aliphatic carbocycles. The maximum Gasteiger partial charge on any atom is 0.241 e. The second-order valence-corrected chi connectivity index (χ2v) is 5.82. The zero-order chi connectivity index (χ0) is 16.0. The predicted octanol–water partition coefficient (Wildman–Crippen LogP) is -0.451. The van der Waals surface area contributed by atoms with Crippen molar-refractivity contribution in [1.29, 1.82) is 0 Å². The van der Waals surface area contributed by atoms with Crippen LogP contribution >= 0.6 is 0 Å². The lowest BCUT2D eigenvalue weighted by atomic mass is 10.2. The lowest BCUT2D eigenvalue weighted by molar-refractivity contribution is -0.121. The first-order valence-electron chi connectivity index (χ1n) is 6.04. The highest BCUT2D eigenvalue weighted by molar-refractivity contribution is 7.89. The van der Waals surface area contributed by atoms with Gasteiger partial charge in [0.15, 0.2) is 0 Å². The minimum atomic E-state index is -4.00. The molecule has 8 heteroatoms. The van der Waals surface area contributed by atoms with Crippen LogP contribution in [0.4, 0.5) is 4.39 Å². The number of carbonyl (C=O) groups excluding carboxylic acids is 1. The van der Waals surface area contributed by atoms with E-state index in [0.29, 0.717) is 0 Å². The Hall–Kier alpha value is -1.95. The molecule has 6 nitrogen and oxygen atoms in total. The first-order chi connectivity index (χ1) is 9.81. The molecule has 0 saturated heterocycles. The van der Waals surface area contributed by atoms with Crippen LogP contribution in [-0.2, 0) is 14.8 Å². The van der Waals surface area contributed by atoms with E-state index in [1.54, 1.807) is 0 Å². The molecule has 0 saturated carbocycles. The number of nitrogens with two attached hydrogens (primary N) is 1. The van der Waals surface area contributed by atoms with Crippen LogP contribution in [0.25, 0.3) is 0 Å². The number of amides is 1. The van der Waals surface area contributed by atoms with Crippen LogP contribution in [0.1, 0.15) is 12.5 Å². The topological polar surface area (TPSA) is 101 Å². The fourth-order valence-corrected chi connectivity index (χ4v) is 2.70. The Labute approximate surface area is 123 Å². The van der Waals surface area contributed by atoms with Crippen LogP contribution in [0, 0.1) is 17.7 Å². The standard InChI is InChI=1S/C13H16FN3O3S/c1-9(13(18)16-2)17-21(19,20)11-6-5-10(4-3-7-15)12(14)8-11/h5-6,8-9,17H,7,15H2,1-2H3,(H,16,18). The Morgan fingerprint density at radius 2 is 2.14 bits per heavy atom. The van der Waals surface area contributed by atoms with E-state index < -0.39 is 27.8 Å². The summed E-state index contributed by atoms with van der Waals surface area (Å²) >= 11 is 0. The van der Waals surface area contributed by atoms with Crippen LogP contribution in [0.15, 0.2) is 23.1 Å². The maximum absolute atomic E-state index is 13.8. The van der Waals surface area contributed by atoms with E-state index >= 15 is 0 Å². The van der Waals surface area contributed by atoms with Crippen molar-refractivity contribution in [3.8, 4) is 11.8 Å². The molecule has 1 unspecified atom stereocenters. The van der Waals surface area contributed by atoms with Gasteiger partial charge in [0.1, 0.15) is 5.82 Å². The molecule has 0 radical (unpaired) electrons. The van der Waals surface area contributed by atoms with Gasteiger partial charge in [-0.15, -0.1) is 0 Å². The van der Waals surface area contributed by atoms with E-state index in [9.17, 15) is 17.6 Å². The molecule has 1 aromatic rings. The molecule has 1 rings (SSSR count). The summed E-state index contributed by atoms with van der Waals surface area (Å²) in [7, 11) is -2.61. The van der Waals surface area contributed by atoms with Gasteiger partial charge in [0.05, 0.1) is 23.0 Å². The summed E-state index contributed by atoms with van der Waals surface area (Å²) in [5.74, 6) is 3.70. The number of rotatable bonds is 4. The van der Waals surface area contributed by atoms with Crippen molar-refractivity contribution < 1.29 is 17.6 Å². The lowest BCUT2D eigenvalue weighted by Gasteiger charge is -2.13. The third kappa shape index (κ3) is 4.53. The zero-order valence-corrected chi connectivity index (χ0v) is 12.4. The number of benzene rings is 1. The first-order valence-corrected chi connectivity index (χ1v) is 7.52. The third-order valence-corrected chi connectivity index (χ3v) is 4.09. The minimum Gasteiger partial charge on any atom is -0.358 e. The number of halogens is 1. The van der Waals surface area contributed by atoms with E-state index in [0.717, 1.165) is 6.07 Å². The molecule has 0 aromatic heterocycles. The second kappa shape index (κ2) is 7.17. The molecule has 114 valence electrons. The monoisotopic (exact) mass is 313 g/mol. The van der Waals surface area contributed by atoms with Gasteiger partial charge in [-0.3, -0.25) is 4.79 Å². The van der Waals surface area contributed by atoms with Gasteiger partial charge in [0.25, 0.3) is 0 Å². The van der Waals surface area contributed by atoms with Crippen molar-refractivity contribution in [2.75, 3.05) is 13.6 Å². The van der Waals surface area contributed by atoms with E-state index in [1.165, 1.54) is 26.1 Å². The van der Waals surface area contributed by atoms with Crippen LogP contribution in [0.3, 0.4) is 0 Å². The molecule has 0 aliphatic rings. The summed E-state index contributed by atoms with van der Waals surface area (Å²) in [6, 6.07) is 2.33. The highest BCUT2D eigenvalue weighted by atomic mass is 32.2. The molecule has 21 heavy (non-hydrogen) atoms. The lowest BCUT2D eigenvalue weighted by Crippen LogP contribution is -2.43. The average Bonchev–Trinajstić information content (AvgIpc) is 2.44. The van der Waals surface area contributed by atoms with Crippen molar-refractivity contribution in [3.05, 3.63) is 29.6 Å². The number of carbonyl (C=O) groups is 1. The smallest absolute Gasteiger partial charge is 0.241 e. The van der Waals surface area contributed by atoms with Gasteiger partial charge < -0.3 is 11.1 Å². The molecule has 1 amide bonds. The van der Waals surface area contributed by atoms with Crippen LogP contribution in [-0.4, -0.2) is 34.0 Å².